The van der Waals surface area contributed by atoms with Gasteiger partial charge in [-0.05, 0) is 93.6 Å². The largest absolute Gasteiger partial charge is 0.494 e. The molecule has 1 N–H and O–H groups in total. The lowest BCUT2D eigenvalue weighted by Gasteiger charge is -2.47. The van der Waals surface area contributed by atoms with E-state index in [1.54, 1.807) is 30.3 Å². The molecule has 2 aromatic carbocycles. The highest BCUT2D eigenvalue weighted by Crippen LogP contribution is 2.43. The zero-order chi connectivity index (χ0) is 22.6. The van der Waals surface area contributed by atoms with Gasteiger partial charge in [0.1, 0.15) is 17.4 Å². The molecule has 1 atom stereocenters. The summed E-state index contributed by atoms with van der Waals surface area (Å²) in [4.78, 5) is 15.1. The molecule has 0 saturated heterocycles. The Balaban J connectivity index is 1.83. The van der Waals surface area contributed by atoms with Crippen LogP contribution >= 0.6 is 0 Å². The zero-order valence-electron chi connectivity index (χ0n) is 19.0. The first-order valence-corrected chi connectivity index (χ1v) is 10.9. The van der Waals surface area contributed by atoms with Gasteiger partial charge in [-0.25, -0.2) is 0 Å². The van der Waals surface area contributed by atoms with Crippen LogP contribution in [0.3, 0.4) is 0 Å². The van der Waals surface area contributed by atoms with Crippen LogP contribution < -0.4 is 15.0 Å². The molecule has 1 aliphatic rings. The van der Waals surface area contributed by atoms with Crippen LogP contribution in [0.25, 0.3) is 6.08 Å². The normalized spacial score (nSPS) is 17.5. The van der Waals surface area contributed by atoms with Crippen LogP contribution in [0.5, 0.6) is 5.75 Å². The Morgan fingerprint density at radius 1 is 1.26 bits per heavy atom. The van der Waals surface area contributed by atoms with E-state index in [1.807, 2.05) is 19.1 Å². The Bertz CT molecular complexity index is 1020. The van der Waals surface area contributed by atoms with Crippen LogP contribution in [0, 0.1) is 11.3 Å². The van der Waals surface area contributed by atoms with Crippen molar-refractivity contribution in [2.45, 2.75) is 52.5 Å². The first-order chi connectivity index (χ1) is 14.8. The number of amides is 1. The summed E-state index contributed by atoms with van der Waals surface area (Å²) in [7, 11) is 0. The highest BCUT2D eigenvalue weighted by Gasteiger charge is 2.35. The van der Waals surface area contributed by atoms with Gasteiger partial charge in [0.25, 0.3) is 5.91 Å². The maximum absolute atomic E-state index is 12.7. The van der Waals surface area contributed by atoms with Gasteiger partial charge in [0.2, 0.25) is 0 Å². The van der Waals surface area contributed by atoms with E-state index in [9.17, 15) is 10.1 Å². The molecule has 31 heavy (non-hydrogen) atoms. The molecule has 5 nitrogen and oxygen atoms in total. The van der Waals surface area contributed by atoms with Gasteiger partial charge in [-0.2, -0.15) is 5.26 Å². The number of anilines is 2. The van der Waals surface area contributed by atoms with Crippen molar-refractivity contribution < 1.29 is 9.53 Å². The van der Waals surface area contributed by atoms with Gasteiger partial charge in [0, 0.05) is 23.5 Å². The maximum Gasteiger partial charge on any atom is 0.266 e. The average molecular weight is 418 g/mol. The number of carbonyl (C=O) groups excluding carboxylic acids is 1. The van der Waals surface area contributed by atoms with Crippen LogP contribution in [-0.2, 0) is 4.79 Å². The summed E-state index contributed by atoms with van der Waals surface area (Å²) < 4.78 is 5.42. The molecule has 0 spiro atoms. The number of fused-ring (bicyclic) bond motifs is 1. The fraction of sp³-hybridized carbons (Fsp3) is 0.385. The topological polar surface area (TPSA) is 65.4 Å². The molecular weight excluding hydrogens is 386 g/mol. The number of nitriles is 1. The number of carbonyl (C=O) groups is 1. The number of hydrogen-bond acceptors (Lipinski definition) is 4. The van der Waals surface area contributed by atoms with Crippen molar-refractivity contribution in [2.24, 2.45) is 0 Å². The second-order valence-electron chi connectivity index (χ2n) is 8.56. The fourth-order valence-electron chi connectivity index (χ4n) is 4.51. The molecule has 3 rings (SSSR count). The highest BCUT2D eigenvalue weighted by molar-refractivity contribution is 6.09. The molecule has 0 unspecified atom stereocenters. The molecule has 0 radical (unpaired) electrons. The summed E-state index contributed by atoms with van der Waals surface area (Å²) in [5.41, 5.74) is 4.16. The number of nitrogens with zero attached hydrogens (tertiary/aromatic N) is 2. The van der Waals surface area contributed by atoms with Gasteiger partial charge < -0.3 is 15.0 Å². The summed E-state index contributed by atoms with van der Waals surface area (Å²) in [6.45, 7) is 12.4. The third-order valence-electron chi connectivity index (χ3n) is 5.83. The third-order valence-corrected chi connectivity index (χ3v) is 5.83. The maximum atomic E-state index is 12.7. The van der Waals surface area contributed by atoms with Crippen molar-refractivity contribution in [1.29, 1.82) is 5.26 Å². The zero-order valence-corrected chi connectivity index (χ0v) is 19.0. The third kappa shape index (κ3) is 4.91. The summed E-state index contributed by atoms with van der Waals surface area (Å²) >= 11 is 0. The Morgan fingerprint density at radius 3 is 2.58 bits per heavy atom. The van der Waals surface area contributed by atoms with Crippen LogP contribution in [0.15, 0.2) is 48.0 Å². The Kier molecular flexibility index (Phi) is 6.70. The lowest BCUT2D eigenvalue weighted by atomic mass is 9.79. The molecule has 0 fully saturated rings. The molecule has 1 aliphatic heterocycles. The molecule has 0 aromatic heterocycles. The molecule has 0 bridgehead atoms. The highest BCUT2D eigenvalue weighted by atomic mass is 16.5. The first-order valence-electron chi connectivity index (χ1n) is 10.9. The fourth-order valence-corrected chi connectivity index (χ4v) is 4.51. The molecular formula is C26H31N3O2. The minimum Gasteiger partial charge on any atom is -0.494 e. The Morgan fingerprint density at radius 2 is 1.97 bits per heavy atom. The second-order valence-corrected chi connectivity index (χ2v) is 8.56. The van der Waals surface area contributed by atoms with E-state index in [-0.39, 0.29) is 11.1 Å². The van der Waals surface area contributed by atoms with Crippen molar-refractivity contribution in [3.8, 4) is 11.8 Å². The van der Waals surface area contributed by atoms with E-state index in [0.717, 1.165) is 24.3 Å². The quantitative estimate of drug-likeness (QED) is 0.480. The smallest absolute Gasteiger partial charge is 0.266 e. The van der Waals surface area contributed by atoms with Crippen molar-refractivity contribution in [1.82, 2.24) is 0 Å². The molecule has 162 valence electrons. The van der Waals surface area contributed by atoms with E-state index >= 15 is 0 Å². The summed E-state index contributed by atoms with van der Waals surface area (Å²) in [6, 6.07) is 15.4. The van der Waals surface area contributed by atoms with Crippen molar-refractivity contribution in [3.05, 3.63) is 59.2 Å². The number of nitrogens with one attached hydrogen (secondary N) is 1. The van der Waals surface area contributed by atoms with Crippen LogP contribution in [-0.4, -0.2) is 24.6 Å². The molecule has 2 aromatic rings. The SMILES string of the molecule is CCOc1ccc(NC(=O)/C(C#N)=C\c2ccc3c(c2)[C@@H](C)CC(C)(C)N3CC)cc1. The van der Waals surface area contributed by atoms with E-state index in [1.165, 1.54) is 11.3 Å². The van der Waals surface area contributed by atoms with Crippen molar-refractivity contribution in [3.63, 3.8) is 0 Å². The Labute approximate surface area is 185 Å². The Hall–Kier alpha value is -3.26. The molecule has 1 amide bonds. The van der Waals surface area contributed by atoms with E-state index in [0.29, 0.717) is 18.2 Å². The van der Waals surface area contributed by atoms with E-state index < -0.39 is 5.91 Å². The van der Waals surface area contributed by atoms with Crippen LogP contribution in [0.2, 0.25) is 0 Å². The van der Waals surface area contributed by atoms with Gasteiger partial charge in [0.15, 0.2) is 0 Å². The molecule has 5 heteroatoms. The number of rotatable bonds is 6. The van der Waals surface area contributed by atoms with Gasteiger partial charge in [-0.3, -0.25) is 4.79 Å². The molecule has 0 saturated carbocycles. The molecule has 1 heterocycles. The second kappa shape index (κ2) is 9.26. The number of hydrogen-bond donors (Lipinski definition) is 1. The lowest BCUT2D eigenvalue weighted by molar-refractivity contribution is -0.112. The monoisotopic (exact) mass is 417 g/mol. The standard InChI is InChI=1S/C26H31N3O2/c1-6-29-24-13-8-19(15-23(24)18(3)16-26(29,4)5)14-20(17-27)25(30)28-21-9-11-22(12-10-21)31-7-2/h8-15,18H,6-7,16H2,1-5H3,(H,28,30)/b20-14-/t18-/m0/s1. The van der Waals surface area contributed by atoms with Crippen LogP contribution in [0.4, 0.5) is 11.4 Å². The summed E-state index contributed by atoms with van der Waals surface area (Å²) in [6.07, 6.45) is 2.72. The van der Waals surface area contributed by atoms with Gasteiger partial charge in [0.05, 0.1) is 6.61 Å². The number of ether oxygens (including phenoxy) is 1. The van der Waals surface area contributed by atoms with Crippen molar-refractivity contribution >= 4 is 23.4 Å². The van der Waals surface area contributed by atoms with Crippen LogP contribution in [0.1, 0.15) is 58.1 Å². The average Bonchev–Trinajstić information content (AvgIpc) is 2.73. The molecule has 0 aliphatic carbocycles. The minimum absolute atomic E-state index is 0.0741. The first kappa shape index (κ1) is 22.4. The summed E-state index contributed by atoms with van der Waals surface area (Å²) in [5.74, 6) is 0.724. The van der Waals surface area contributed by atoms with E-state index in [2.05, 4.69) is 50.0 Å². The minimum atomic E-state index is -0.422. The van der Waals surface area contributed by atoms with Gasteiger partial charge in [-0.15, -0.1) is 0 Å². The predicted octanol–water partition coefficient (Wildman–Crippen LogP) is 5.74. The lowest BCUT2D eigenvalue weighted by Crippen LogP contribution is -2.48. The number of benzene rings is 2. The van der Waals surface area contributed by atoms with Gasteiger partial charge in [-0.1, -0.05) is 13.0 Å². The van der Waals surface area contributed by atoms with Gasteiger partial charge >= 0.3 is 0 Å². The van der Waals surface area contributed by atoms with E-state index in [4.69, 9.17) is 4.74 Å². The van der Waals surface area contributed by atoms with Crippen molar-refractivity contribution in [2.75, 3.05) is 23.4 Å². The predicted molar refractivity (Wildman–Crippen MR) is 126 cm³/mol. The summed E-state index contributed by atoms with van der Waals surface area (Å²) in [5, 5.41) is 12.4.